The first-order valence-corrected chi connectivity index (χ1v) is 4.11. The minimum atomic E-state index is -0.449. The van der Waals surface area contributed by atoms with Crippen LogP contribution in [0.1, 0.15) is 13.3 Å². The van der Waals surface area contributed by atoms with E-state index >= 15 is 0 Å². The van der Waals surface area contributed by atoms with Crippen molar-refractivity contribution >= 4 is 11.8 Å². The smallest absolute Gasteiger partial charge is 0.242 e. The number of rotatable bonds is 1. The van der Waals surface area contributed by atoms with Crippen LogP contribution in [0.5, 0.6) is 0 Å². The molecule has 0 saturated carbocycles. The van der Waals surface area contributed by atoms with E-state index in [1.807, 2.05) is 0 Å². The average molecular weight is 181 g/mol. The Labute approximate surface area is 76.3 Å². The highest BCUT2D eigenvalue weighted by atomic mass is 16.2. The van der Waals surface area contributed by atoms with E-state index in [2.05, 4.69) is 5.32 Å². The number of nitrogens with one attached hydrogen (secondary N) is 1. The maximum atomic E-state index is 11.3. The number of amides is 2. The quantitative estimate of drug-likeness (QED) is 0.578. The molecule has 13 heavy (non-hydrogen) atoms. The van der Waals surface area contributed by atoms with Gasteiger partial charge in [-0.25, -0.2) is 0 Å². The van der Waals surface area contributed by atoms with Crippen LogP contribution in [0.25, 0.3) is 0 Å². The molecule has 0 aromatic rings. The SMILES string of the molecule is CC1C(=O)NCCN1C(=O)CC#N. The minimum absolute atomic E-state index is 0.155. The predicted molar refractivity (Wildman–Crippen MR) is 44.4 cm³/mol. The Balaban J connectivity index is 2.63. The molecule has 1 heterocycles. The molecule has 70 valence electrons. The van der Waals surface area contributed by atoms with Gasteiger partial charge in [-0.1, -0.05) is 0 Å². The molecular formula is C8H11N3O2. The van der Waals surface area contributed by atoms with E-state index in [4.69, 9.17) is 5.26 Å². The van der Waals surface area contributed by atoms with E-state index in [1.54, 1.807) is 13.0 Å². The molecule has 1 N–H and O–H groups in total. The zero-order valence-electron chi connectivity index (χ0n) is 7.41. The molecule has 1 fully saturated rings. The number of nitrogens with zero attached hydrogens (tertiary/aromatic N) is 2. The Morgan fingerprint density at radius 3 is 3.15 bits per heavy atom. The summed E-state index contributed by atoms with van der Waals surface area (Å²) >= 11 is 0. The van der Waals surface area contributed by atoms with Crippen LogP contribution in [0.3, 0.4) is 0 Å². The van der Waals surface area contributed by atoms with E-state index in [-0.39, 0.29) is 18.2 Å². The van der Waals surface area contributed by atoms with E-state index < -0.39 is 6.04 Å². The van der Waals surface area contributed by atoms with Crippen molar-refractivity contribution < 1.29 is 9.59 Å². The fraction of sp³-hybridized carbons (Fsp3) is 0.625. The van der Waals surface area contributed by atoms with Crippen molar-refractivity contribution in [2.24, 2.45) is 0 Å². The number of hydrogen-bond donors (Lipinski definition) is 1. The Kier molecular flexibility index (Phi) is 2.85. The zero-order chi connectivity index (χ0) is 9.84. The van der Waals surface area contributed by atoms with Crippen LogP contribution >= 0.6 is 0 Å². The second kappa shape index (κ2) is 3.90. The standard InChI is InChI=1S/C8H11N3O2/c1-6-8(13)10-4-5-11(6)7(12)2-3-9/h6H,2,4-5H2,1H3,(H,10,13). The van der Waals surface area contributed by atoms with Crippen LogP contribution in [-0.2, 0) is 9.59 Å². The molecule has 0 bridgehead atoms. The van der Waals surface area contributed by atoms with Crippen LogP contribution in [0, 0.1) is 11.3 Å². The number of piperazine rings is 1. The highest BCUT2D eigenvalue weighted by molar-refractivity contribution is 5.89. The highest BCUT2D eigenvalue weighted by Crippen LogP contribution is 2.05. The third-order valence-electron chi connectivity index (χ3n) is 2.05. The van der Waals surface area contributed by atoms with Gasteiger partial charge < -0.3 is 10.2 Å². The molecule has 1 rings (SSSR count). The molecule has 1 unspecified atom stereocenters. The lowest BCUT2D eigenvalue weighted by atomic mass is 10.2. The van der Waals surface area contributed by atoms with Gasteiger partial charge in [-0.15, -0.1) is 0 Å². The van der Waals surface area contributed by atoms with E-state index in [0.29, 0.717) is 13.1 Å². The third kappa shape index (κ3) is 1.96. The molecule has 1 atom stereocenters. The van der Waals surface area contributed by atoms with Gasteiger partial charge in [-0.2, -0.15) is 5.26 Å². The van der Waals surface area contributed by atoms with Crippen LogP contribution in [0.2, 0.25) is 0 Å². The highest BCUT2D eigenvalue weighted by Gasteiger charge is 2.28. The summed E-state index contributed by atoms with van der Waals surface area (Å²) in [7, 11) is 0. The molecule has 0 aromatic carbocycles. The molecule has 1 aliphatic rings. The first-order chi connectivity index (χ1) is 6.16. The summed E-state index contributed by atoms with van der Waals surface area (Å²) in [5, 5.41) is 11.0. The molecule has 0 radical (unpaired) electrons. The number of carbonyl (C=O) groups is 2. The normalized spacial score (nSPS) is 22.0. The second-order valence-electron chi connectivity index (χ2n) is 2.89. The van der Waals surface area contributed by atoms with Crippen molar-refractivity contribution in [2.45, 2.75) is 19.4 Å². The molecule has 2 amide bonds. The molecule has 5 nitrogen and oxygen atoms in total. The summed E-state index contributed by atoms with van der Waals surface area (Å²) in [6.07, 6.45) is -0.155. The number of nitriles is 1. The lowest BCUT2D eigenvalue weighted by molar-refractivity contribution is -0.141. The second-order valence-corrected chi connectivity index (χ2v) is 2.89. The Morgan fingerprint density at radius 1 is 1.85 bits per heavy atom. The molecule has 0 spiro atoms. The van der Waals surface area contributed by atoms with Gasteiger partial charge >= 0.3 is 0 Å². The van der Waals surface area contributed by atoms with Crippen molar-refractivity contribution in [3.05, 3.63) is 0 Å². The van der Waals surface area contributed by atoms with E-state index in [9.17, 15) is 9.59 Å². The van der Waals surface area contributed by atoms with Crippen molar-refractivity contribution in [1.82, 2.24) is 10.2 Å². The van der Waals surface area contributed by atoms with Gasteiger partial charge in [-0.3, -0.25) is 9.59 Å². The molecular weight excluding hydrogens is 170 g/mol. The number of carbonyl (C=O) groups excluding carboxylic acids is 2. The van der Waals surface area contributed by atoms with Gasteiger partial charge in [0.2, 0.25) is 11.8 Å². The monoisotopic (exact) mass is 181 g/mol. The van der Waals surface area contributed by atoms with Gasteiger partial charge in [0.05, 0.1) is 6.07 Å². The molecule has 5 heteroatoms. The summed E-state index contributed by atoms with van der Waals surface area (Å²) in [6.45, 7) is 2.62. The van der Waals surface area contributed by atoms with Gasteiger partial charge in [0.25, 0.3) is 0 Å². The first kappa shape index (κ1) is 9.52. The number of hydrogen-bond acceptors (Lipinski definition) is 3. The van der Waals surface area contributed by atoms with Crippen LogP contribution in [-0.4, -0.2) is 35.8 Å². The topological polar surface area (TPSA) is 73.2 Å². The van der Waals surface area contributed by atoms with Crippen LogP contribution in [0.4, 0.5) is 0 Å². The van der Waals surface area contributed by atoms with E-state index in [0.717, 1.165) is 0 Å². The minimum Gasteiger partial charge on any atom is -0.353 e. The van der Waals surface area contributed by atoms with Gasteiger partial charge in [0.1, 0.15) is 12.5 Å². The van der Waals surface area contributed by atoms with Crippen molar-refractivity contribution in [2.75, 3.05) is 13.1 Å². The first-order valence-electron chi connectivity index (χ1n) is 4.11. The van der Waals surface area contributed by atoms with Gasteiger partial charge in [0, 0.05) is 13.1 Å². The maximum Gasteiger partial charge on any atom is 0.242 e. The summed E-state index contributed by atoms with van der Waals surface area (Å²) in [6, 6.07) is 1.33. The fourth-order valence-corrected chi connectivity index (χ4v) is 1.29. The van der Waals surface area contributed by atoms with Gasteiger partial charge in [-0.05, 0) is 6.92 Å². The lowest BCUT2D eigenvalue weighted by Gasteiger charge is -2.32. The van der Waals surface area contributed by atoms with Crippen LogP contribution < -0.4 is 5.32 Å². The largest absolute Gasteiger partial charge is 0.353 e. The summed E-state index contributed by atoms with van der Waals surface area (Å²) in [5.74, 6) is -0.428. The molecule has 0 aliphatic carbocycles. The molecule has 1 saturated heterocycles. The summed E-state index contributed by atoms with van der Waals surface area (Å²) in [4.78, 5) is 23.8. The van der Waals surface area contributed by atoms with E-state index in [1.165, 1.54) is 4.90 Å². The maximum absolute atomic E-state index is 11.3. The van der Waals surface area contributed by atoms with Crippen molar-refractivity contribution in [1.29, 1.82) is 5.26 Å². The van der Waals surface area contributed by atoms with Gasteiger partial charge in [0.15, 0.2) is 0 Å². The summed E-state index contributed by atoms with van der Waals surface area (Å²) < 4.78 is 0. The Morgan fingerprint density at radius 2 is 2.54 bits per heavy atom. The summed E-state index contributed by atoms with van der Waals surface area (Å²) in [5.41, 5.74) is 0. The molecule has 1 aliphatic heterocycles. The zero-order valence-corrected chi connectivity index (χ0v) is 7.41. The predicted octanol–water partition coefficient (Wildman–Crippen LogP) is -0.753. The van der Waals surface area contributed by atoms with Crippen LogP contribution in [0.15, 0.2) is 0 Å². The average Bonchev–Trinajstić information content (AvgIpc) is 2.10. The third-order valence-corrected chi connectivity index (χ3v) is 2.05. The Hall–Kier alpha value is -1.57. The fourth-order valence-electron chi connectivity index (χ4n) is 1.29. The van der Waals surface area contributed by atoms with Crippen molar-refractivity contribution in [3.8, 4) is 6.07 Å². The van der Waals surface area contributed by atoms with Crippen molar-refractivity contribution in [3.63, 3.8) is 0 Å². The molecule has 0 aromatic heterocycles. The Bertz CT molecular complexity index is 269. The lowest BCUT2D eigenvalue weighted by Crippen LogP contribution is -2.55.